The molecule has 0 aliphatic heterocycles. The summed E-state index contributed by atoms with van der Waals surface area (Å²) in [7, 11) is 1.61. The zero-order valence-corrected chi connectivity index (χ0v) is 11.7. The molecule has 6 nitrogen and oxygen atoms in total. The fourth-order valence-corrected chi connectivity index (χ4v) is 1.94. The van der Waals surface area contributed by atoms with E-state index in [0.29, 0.717) is 30.6 Å². The van der Waals surface area contributed by atoms with Crippen LogP contribution in [0.1, 0.15) is 12.8 Å². The average Bonchev–Trinajstić information content (AvgIpc) is 2.95. The van der Waals surface area contributed by atoms with Gasteiger partial charge in [0.25, 0.3) is 0 Å². The molecule has 0 aliphatic carbocycles. The van der Waals surface area contributed by atoms with Gasteiger partial charge in [0, 0.05) is 6.54 Å². The van der Waals surface area contributed by atoms with Crippen molar-refractivity contribution in [3.05, 3.63) is 30.2 Å². The van der Waals surface area contributed by atoms with E-state index in [9.17, 15) is 0 Å². The second-order valence-electron chi connectivity index (χ2n) is 4.30. The van der Waals surface area contributed by atoms with Gasteiger partial charge in [-0.1, -0.05) is 24.2 Å². The molecule has 1 heterocycles. The van der Waals surface area contributed by atoms with Crippen LogP contribution in [0.5, 0.6) is 5.75 Å². The SMILES string of the molecule is CCN(CCO)Cc1nc(-c2ccccc2OC)no1. The van der Waals surface area contributed by atoms with Crippen molar-refractivity contribution >= 4 is 0 Å². The first-order valence-corrected chi connectivity index (χ1v) is 6.57. The molecule has 0 radical (unpaired) electrons. The zero-order chi connectivity index (χ0) is 14.4. The number of likely N-dealkylation sites (N-methyl/N-ethyl adjacent to an activating group) is 1. The summed E-state index contributed by atoms with van der Waals surface area (Å²) in [5.41, 5.74) is 0.801. The Morgan fingerprint density at radius 1 is 1.35 bits per heavy atom. The Balaban J connectivity index is 2.16. The molecule has 0 amide bonds. The van der Waals surface area contributed by atoms with E-state index in [4.69, 9.17) is 14.4 Å². The lowest BCUT2D eigenvalue weighted by atomic mass is 10.2. The molecule has 0 fully saturated rings. The molecule has 0 saturated heterocycles. The molecular weight excluding hydrogens is 258 g/mol. The van der Waals surface area contributed by atoms with Crippen LogP contribution in [0, 0.1) is 0 Å². The third-order valence-electron chi connectivity index (χ3n) is 3.04. The largest absolute Gasteiger partial charge is 0.496 e. The molecule has 0 aliphatic rings. The Labute approximate surface area is 118 Å². The lowest BCUT2D eigenvalue weighted by Gasteiger charge is -2.15. The van der Waals surface area contributed by atoms with E-state index < -0.39 is 0 Å². The average molecular weight is 277 g/mol. The minimum atomic E-state index is 0.112. The lowest BCUT2D eigenvalue weighted by Crippen LogP contribution is -2.26. The van der Waals surface area contributed by atoms with Crippen LogP contribution in [0.2, 0.25) is 0 Å². The molecule has 6 heteroatoms. The Morgan fingerprint density at radius 3 is 2.85 bits per heavy atom. The summed E-state index contributed by atoms with van der Waals surface area (Å²) in [5, 5.41) is 13.0. The maximum atomic E-state index is 8.97. The quantitative estimate of drug-likeness (QED) is 0.828. The molecule has 1 N–H and O–H groups in total. The molecule has 0 atom stereocenters. The predicted octanol–water partition coefficient (Wildman–Crippen LogP) is 1.56. The number of aliphatic hydroxyl groups excluding tert-OH is 1. The van der Waals surface area contributed by atoms with Crippen LogP contribution < -0.4 is 4.74 Å². The van der Waals surface area contributed by atoms with Gasteiger partial charge in [-0.15, -0.1) is 0 Å². The second kappa shape index (κ2) is 7.02. The highest BCUT2D eigenvalue weighted by Crippen LogP contribution is 2.27. The lowest BCUT2D eigenvalue weighted by molar-refractivity contribution is 0.180. The van der Waals surface area contributed by atoms with Gasteiger partial charge >= 0.3 is 0 Å². The number of hydrogen-bond donors (Lipinski definition) is 1. The molecule has 20 heavy (non-hydrogen) atoms. The van der Waals surface area contributed by atoms with Gasteiger partial charge in [-0.2, -0.15) is 4.98 Å². The smallest absolute Gasteiger partial charge is 0.241 e. The number of nitrogens with zero attached hydrogens (tertiary/aromatic N) is 3. The summed E-state index contributed by atoms with van der Waals surface area (Å²) in [4.78, 5) is 6.41. The third-order valence-corrected chi connectivity index (χ3v) is 3.04. The van der Waals surface area contributed by atoms with E-state index >= 15 is 0 Å². The molecule has 1 aromatic heterocycles. The standard InChI is InChI=1S/C14H19N3O3/c1-3-17(8-9-18)10-13-15-14(16-20-13)11-6-4-5-7-12(11)19-2/h4-7,18H,3,8-10H2,1-2H3. The van der Waals surface area contributed by atoms with Crippen molar-refractivity contribution < 1.29 is 14.4 Å². The highest BCUT2D eigenvalue weighted by molar-refractivity contribution is 5.63. The van der Waals surface area contributed by atoms with E-state index in [1.54, 1.807) is 7.11 Å². The summed E-state index contributed by atoms with van der Waals surface area (Å²) in [6, 6.07) is 7.54. The number of benzene rings is 1. The van der Waals surface area contributed by atoms with Gasteiger partial charge in [0.15, 0.2) is 0 Å². The summed E-state index contributed by atoms with van der Waals surface area (Å²) in [6.45, 7) is 4.06. The van der Waals surface area contributed by atoms with Gasteiger partial charge in [0.1, 0.15) is 5.75 Å². The number of ether oxygens (including phenoxy) is 1. The Morgan fingerprint density at radius 2 is 2.15 bits per heavy atom. The van der Waals surface area contributed by atoms with Crippen LogP contribution in [-0.2, 0) is 6.54 Å². The molecule has 1 aromatic carbocycles. The summed E-state index contributed by atoms with van der Waals surface area (Å²) >= 11 is 0. The monoisotopic (exact) mass is 277 g/mol. The van der Waals surface area contributed by atoms with Crippen LogP contribution in [-0.4, -0.2) is 47.0 Å². The Hall–Kier alpha value is -1.92. The van der Waals surface area contributed by atoms with Gasteiger partial charge in [-0.05, 0) is 18.7 Å². The van der Waals surface area contributed by atoms with Gasteiger partial charge in [0.05, 0.1) is 25.8 Å². The second-order valence-corrected chi connectivity index (χ2v) is 4.30. The van der Waals surface area contributed by atoms with Crippen molar-refractivity contribution in [3.63, 3.8) is 0 Å². The fourth-order valence-electron chi connectivity index (χ4n) is 1.94. The van der Waals surface area contributed by atoms with Crippen molar-refractivity contribution in [3.8, 4) is 17.1 Å². The molecule has 2 rings (SSSR count). The van der Waals surface area contributed by atoms with Gasteiger partial charge in [0.2, 0.25) is 11.7 Å². The first kappa shape index (κ1) is 14.5. The zero-order valence-electron chi connectivity index (χ0n) is 11.7. The van der Waals surface area contributed by atoms with Gasteiger partial charge in [-0.3, -0.25) is 4.90 Å². The van der Waals surface area contributed by atoms with E-state index in [1.165, 1.54) is 0 Å². The molecule has 0 bridgehead atoms. The molecule has 0 saturated carbocycles. The Bertz CT molecular complexity index is 542. The Kier molecular flexibility index (Phi) is 5.09. The van der Waals surface area contributed by atoms with Crippen molar-refractivity contribution in [2.75, 3.05) is 26.8 Å². The first-order chi connectivity index (χ1) is 9.78. The van der Waals surface area contributed by atoms with E-state index in [0.717, 1.165) is 12.1 Å². The summed E-state index contributed by atoms with van der Waals surface area (Å²) in [5.74, 6) is 1.75. The number of rotatable bonds is 7. The van der Waals surface area contributed by atoms with E-state index in [1.807, 2.05) is 36.1 Å². The van der Waals surface area contributed by atoms with E-state index in [-0.39, 0.29) is 6.61 Å². The van der Waals surface area contributed by atoms with Gasteiger partial charge < -0.3 is 14.4 Å². The molecular formula is C14H19N3O3. The number of aromatic nitrogens is 2. The molecule has 0 spiro atoms. The van der Waals surface area contributed by atoms with Crippen LogP contribution in [0.25, 0.3) is 11.4 Å². The van der Waals surface area contributed by atoms with Crippen LogP contribution in [0.4, 0.5) is 0 Å². The van der Waals surface area contributed by atoms with Gasteiger partial charge in [-0.25, -0.2) is 0 Å². The number of hydrogen-bond acceptors (Lipinski definition) is 6. The van der Waals surface area contributed by atoms with Crippen molar-refractivity contribution in [2.24, 2.45) is 0 Å². The highest BCUT2D eigenvalue weighted by atomic mass is 16.5. The molecule has 2 aromatic rings. The minimum Gasteiger partial charge on any atom is -0.496 e. The van der Waals surface area contributed by atoms with E-state index in [2.05, 4.69) is 10.1 Å². The van der Waals surface area contributed by atoms with Crippen LogP contribution >= 0.6 is 0 Å². The van der Waals surface area contributed by atoms with Crippen LogP contribution in [0.15, 0.2) is 28.8 Å². The van der Waals surface area contributed by atoms with Crippen LogP contribution in [0.3, 0.4) is 0 Å². The first-order valence-electron chi connectivity index (χ1n) is 6.57. The van der Waals surface area contributed by atoms with Crippen molar-refractivity contribution in [2.45, 2.75) is 13.5 Å². The molecule has 0 unspecified atom stereocenters. The van der Waals surface area contributed by atoms with Crippen molar-refractivity contribution in [1.29, 1.82) is 0 Å². The number of aliphatic hydroxyl groups is 1. The summed E-state index contributed by atoms with van der Waals surface area (Å²) in [6.07, 6.45) is 0. The van der Waals surface area contributed by atoms with Crippen molar-refractivity contribution in [1.82, 2.24) is 15.0 Å². The topological polar surface area (TPSA) is 71.6 Å². The predicted molar refractivity (Wildman–Crippen MR) is 74.3 cm³/mol. The fraction of sp³-hybridized carbons (Fsp3) is 0.429. The third kappa shape index (κ3) is 3.34. The normalized spacial score (nSPS) is 11.0. The highest BCUT2D eigenvalue weighted by Gasteiger charge is 2.14. The maximum absolute atomic E-state index is 8.97. The summed E-state index contributed by atoms with van der Waals surface area (Å²) < 4.78 is 10.5. The number of methoxy groups -OCH3 is 1. The number of para-hydroxylation sites is 1. The maximum Gasteiger partial charge on any atom is 0.241 e. The molecule has 108 valence electrons. The minimum absolute atomic E-state index is 0.112.